The second kappa shape index (κ2) is 4.13. The van der Waals surface area contributed by atoms with Crippen LogP contribution in [0.15, 0.2) is 18.2 Å². The molecular formula is C13H19NO. The van der Waals surface area contributed by atoms with Crippen LogP contribution >= 0.6 is 0 Å². The van der Waals surface area contributed by atoms with Crippen molar-refractivity contribution in [1.82, 2.24) is 0 Å². The lowest BCUT2D eigenvalue weighted by molar-refractivity contribution is 0.413. The number of nitrogens with one attached hydrogen (secondary N) is 1. The summed E-state index contributed by atoms with van der Waals surface area (Å²) in [5.74, 6) is 2.33. The summed E-state index contributed by atoms with van der Waals surface area (Å²) >= 11 is 0. The maximum absolute atomic E-state index is 5.24. The number of ether oxygens (including phenoxy) is 1. The van der Waals surface area contributed by atoms with Crippen molar-refractivity contribution in [2.75, 3.05) is 19.0 Å². The molecule has 2 heteroatoms. The first-order valence-electron chi connectivity index (χ1n) is 5.64. The predicted octanol–water partition coefficient (Wildman–Crippen LogP) is 3.25. The topological polar surface area (TPSA) is 21.3 Å². The highest BCUT2D eigenvalue weighted by atomic mass is 16.5. The number of hydrogen-bond donors (Lipinski definition) is 1. The summed E-state index contributed by atoms with van der Waals surface area (Å²) in [6.07, 6.45) is 1.23. The molecular weight excluding hydrogens is 186 g/mol. The van der Waals surface area contributed by atoms with Gasteiger partial charge in [0.2, 0.25) is 0 Å². The van der Waals surface area contributed by atoms with Crippen molar-refractivity contribution in [3.63, 3.8) is 0 Å². The van der Waals surface area contributed by atoms with Crippen molar-refractivity contribution in [3.8, 4) is 5.75 Å². The van der Waals surface area contributed by atoms with Crippen LogP contribution in [0.25, 0.3) is 0 Å². The molecule has 1 atom stereocenters. The third-order valence-electron chi connectivity index (χ3n) is 3.24. The minimum atomic E-state index is 0.687. The van der Waals surface area contributed by atoms with Gasteiger partial charge >= 0.3 is 0 Å². The van der Waals surface area contributed by atoms with E-state index in [0.29, 0.717) is 11.8 Å². The van der Waals surface area contributed by atoms with E-state index in [1.54, 1.807) is 7.11 Å². The van der Waals surface area contributed by atoms with Crippen LogP contribution in [0, 0.1) is 5.92 Å². The van der Waals surface area contributed by atoms with Gasteiger partial charge in [0.1, 0.15) is 5.75 Å². The van der Waals surface area contributed by atoms with E-state index in [1.807, 2.05) is 0 Å². The Morgan fingerprint density at radius 3 is 2.87 bits per heavy atom. The van der Waals surface area contributed by atoms with E-state index in [4.69, 9.17) is 4.74 Å². The molecule has 1 aliphatic rings. The van der Waals surface area contributed by atoms with Crippen LogP contribution in [0.3, 0.4) is 0 Å². The lowest BCUT2D eigenvalue weighted by atomic mass is 9.83. The molecule has 0 saturated heterocycles. The van der Waals surface area contributed by atoms with Crippen molar-refractivity contribution in [3.05, 3.63) is 23.8 Å². The minimum Gasteiger partial charge on any atom is -0.497 e. The zero-order chi connectivity index (χ0) is 10.8. The van der Waals surface area contributed by atoms with E-state index in [9.17, 15) is 0 Å². The zero-order valence-electron chi connectivity index (χ0n) is 9.71. The highest BCUT2D eigenvalue weighted by molar-refractivity contribution is 5.58. The first-order chi connectivity index (χ1) is 7.22. The van der Waals surface area contributed by atoms with E-state index >= 15 is 0 Å². The first-order valence-corrected chi connectivity index (χ1v) is 5.64. The van der Waals surface area contributed by atoms with Gasteiger partial charge in [0.25, 0.3) is 0 Å². The Bertz CT molecular complexity index is 346. The summed E-state index contributed by atoms with van der Waals surface area (Å²) in [7, 11) is 1.71. The quantitative estimate of drug-likeness (QED) is 0.800. The van der Waals surface area contributed by atoms with Crippen LogP contribution < -0.4 is 10.1 Å². The van der Waals surface area contributed by atoms with Crippen LogP contribution in [0.4, 0.5) is 5.69 Å². The number of anilines is 1. The molecule has 1 aliphatic heterocycles. The fraction of sp³-hybridized carbons (Fsp3) is 0.538. The van der Waals surface area contributed by atoms with Gasteiger partial charge in [0.05, 0.1) is 7.11 Å². The fourth-order valence-corrected chi connectivity index (χ4v) is 2.35. The standard InChI is InChI=1S/C13H19NO/c1-9(2)11-6-7-14-13-8-10(15-3)4-5-12(11)13/h4-5,8-9,11,14H,6-7H2,1-3H3. The first kappa shape index (κ1) is 10.3. The van der Waals surface area contributed by atoms with Gasteiger partial charge in [0, 0.05) is 18.3 Å². The van der Waals surface area contributed by atoms with Gasteiger partial charge in [-0.1, -0.05) is 19.9 Å². The molecule has 82 valence electrons. The number of hydrogen-bond acceptors (Lipinski definition) is 2. The van der Waals surface area contributed by atoms with E-state index in [0.717, 1.165) is 12.3 Å². The van der Waals surface area contributed by atoms with Gasteiger partial charge in [-0.3, -0.25) is 0 Å². The second-order valence-electron chi connectivity index (χ2n) is 4.52. The number of benzene rings is 1. The molecule has 0 bridgehead atoms. The van der Waals surface area contributed by atoms with Crippen LogP contribution in [0.2, 0.25) is 0 Å². The summed E-state index contributed by atoms with van der Waals surface area (Å²) in [6, 6.07) is 6.36. The molecule has 2 rings (SSSR count). The Labute approximate surface area is 91.6 Å². The largest absolute Gasteiger partial charge is 0.497 e. The third-order valence-corrected chi connectivity index (χ3v) is 3.24. The monoisotopic (exact) mass is 205 g/mol. The Morgan fingerprint density at radius 2 is 2.20 bits per heavy atom. The molecule has 0 amide bonds. The number of fused-ring (bicyclic) bond motifs is 1. The van der Waals surface area contributed by atoms with Crippen LogP contribution in [0.5, 0.6) is 5.75 Å². The van der Waals surface area contributed by atoms with Gasteiger partial charge in [-0.2, -0.15) is 0 Å². The predicted molar refractivity (Wildman–Crippen MR) is 63.7 cm³/mol. The van der Waals surface area contributed by atoms with Crippen molar-refractivity contribution in [1.29, 1.82) is 0 Å². The molecule has 1 N–H and O–H groups in total. The minimum absolute atomic E-state index is 0.687. The summed E-state index contributed by atoms with van der Waals surface area (Å²) in [6.45, 7) is 5.66. The van der Waals surface area contributed by atoms with Gasteiger partial charge in [0.15, 0.2) is 0 Å². The third kappa shape index (κ3) is 1.94. The van der Waals surface area contributed by atoms with Crippen molar-refractivity contribution in [2.24, 2.45) is 5.92 Å². The Morgan fingerprint density at radius 1 is 1.40 bits per heavy atom. The Hall–Kier alpha value is -1.18. The Balaban J connectivity index is 2.36. The lowest BCUT2D eigenvalue weighted by Crippen LogP contribution is -2.20. The maximum atomic E-state index is 5.24. The molecule has 1 aromatic rings. The smallest absolute Gasteiger partial charge is 0.120 e. The molecule has 15 heavy (non-hydrogen) atoms. The van der Waals surface area contributed by atoms with Gasteiger partial charge in [-0.15, -0.1) is 0 Å². The zero-order valence-corrected chi connectivity index (χ0v) is 9.71. The van der Waals surface area contributed by atoms with Gasteiger partial charge in [-0.25, -0.2) is 0 Å². The molecule has 0 spiro atoms. The average Bonchev–Trinajstić information content (AvgIpc) is 2.27. The second-order valence-corrected chi connectivity index (χ2v) is 4.52. The SMILES string of the molecule is COc1ccc2c(c1)NCCC2C(C)C. The molecule has 2 nitrogen and oxygen atoms in total. The van der Waals surface area contributed by atoms with E-state index in [-0.39, 0.29) is 0 Å². The van der Waals surface area contributed by atoms with Crippen LogP contribution in [-0.2, 0) is 0 Å². The van der Waals surface area contributed by atoms with E-state index in [1.165, 1.54) is 17.7 Å². The van der Waals surface area contributed by atoms with Gasteiger partial charge < -0.3 is 10.1 Å². The number of methoxy groups -OCH3 is 1. The van der Waals surface area contributed by atoms with Crippen molar-refractivity contribution in [2.45, 2.75) is 26.2 Å². The van der Waals surface area contributed by atoms with Crippen LogP contribution in [0.1, 0.15) is 31.7 Å². The Kier molecular flexibility index (Phi) is 2.85. The fourth-order valence-electron chi connectivity index (χ4n) is 2.35. The molecule has 0 radical (unpaired) electrons. The van der Waals surface area contributed by atoms with Gasteiger partial charge in [-0.05, 0) is 29.9 Å². The van der Waals surface area contributed by atoms with E-state index in [2.05, 4.69) is 37.4 Å². The summed E-state index contributed by atoms with van der Waals surface area (Å²) < 4.78 is 5.24. The summed E-state index contributed by atoms with van der Waals surface area (Å²) in [5.41, 5.74) is 2.69. The molecule has 0 saturated carbocycles. The van der Waals surface area contributed by atoms with E-state index < -0.39 is 0 Å². The van der Waals surface area contributed by atoms with Crippen molar-refractivity contribution >= 4 is 5.69 Å². The molecule has 0 aliphatic carbocycles. The normalized spacial score (nSPS) is 19.6. The summed E-state index contributed by atoms with van der Waals surface area (Å²) in [4.78, 5) is 0. The molecule has 1 aromatic carbocycles. The van der Waals surface area contributed by atoms with Crippen LogP contribution in [-0.4, -0.2) is 13.7 Å². The lowest BCUT2D eigenvalue weighted by Gasteiger charge is -2.29. The highest BCUT2D eigenvalue weighted by Gasteiger charge is 2.22. The molecule has 1 unspecified atom stereocenters. The molecule has 0 aromatic heterocycles. The summed E-state index contributed by atoms with van der Waals surface area (Å²) in [5, 5.41) is 3.44. The highest BCUT2D eigenvalue weighted by Crippen LogP contribution is 2.38. The molecule has 1 heterocycles. The average molecular weight is 205 g/mol. The number of rotatable bonds is 2. The maximum Gasteiger partial charge on any atom is 0.120 e. The van der Waals surface area contributed by atoms with Crippen molar-refractivity contribution < 1.29 is 4.74 Å². The molecule has 0 fully saturated rings.